The van der Waals surface area contributed by atoms with Crippen LogP contribution in [0, 0.1) is 23.6 Å². The van der Waals surface area contributed by atoms with Crippen LogP contribution in [0.2, 0.25) is 0 Å². The summed E-state index contributed by atoms with van der Waals surface area (Å²) >= 11 is 0. The molecule has 1 saturated heterocycles. The molecule has 22 heavy (non-hydrogen) atoms. The third-order valence-electron chi connectivity index (χ3n) is 4.85. The van der Waals surface area contributed by atoms with E-state index in [1.54, 1.807) is 6.92 Å². The second kappa shape index (κ2) is 4.28. The molecule has 2 aliphatic rings. The van der Waals surface area contributed by atoms with E-state index in [4.69, 9.17) is 0 Å². The second-order valence-electron chi connectivity index (χ2n) is 6.07. The molecular weight excluding hydrogens is 293 g/mol. The summed E-state index contributed by atoms with van der Waals surface area (Å²) in [6, 6.07) is 3.77. The van der Waals surface area contributed by atoms with Crippen molar-refractivity contribution in [3.05, 3.63) is 35.1 Å². The highest BCUT2D eigenvalue weighted by Gasteiger charge is 2.81. The maximum absolute atomic E-state index is 13.3. The smallest absolute Gasteiger partial charge is 0.312 e. The van der Waals surface area contributed by atoms with Gasteiger partial charge >= 0.3 is 11.9 Å². The first-order chi connectivity index (χ1) is 10.2. The number of benzene rings is 1. The molecule has 6 nitrogen and oxygen atoms in total. The van der Waals surface area contributed by atoms with E-state index in [2.05, 4.69) is 0 Å². The molecule has 1 heterocycles. The van der Waals surface area contributed by atoms with Gasteiger partial charge in [0, 0.05) is 18.7 Å². The first-order valence-corrected chi connectivity index (χ1v) is 6.76. The van der Waals surface area contributed by atoms with Crippen molar-refractivity contribution in [2.75, 3.05) is 13.1 Å². The highest BCUT2D eigenvalue weighted by Crippen LogP contribution is 2.68. The van der Waals surface area contributed by atoms with E-state index in [0.717, 1.165) is 6.07 Å². The summed E-state index contributed by atoms with van der Waals surface area (Å²) in [5.74, 6) is -3.52. The SMILES string of the molecule is Cc1ccc(F)cc1C(=O)N1C[C@@]2(C(=O)O)C[C@@]2(C(=O)O)C1. The van der Waals surface area contributed by atoms with Gasteiger partial charge in [0.2, 0.25) is 0 Å². The maximum atomic E-state index is 13.3. The minimum atomic E-state index is -1.42. The average Bonchev–Trinajstić information content (AvgIpc) is 3.00. The Morgan fingerprint density at radius 3 is 2.18 bits per heavy atom. The number of fused-ring (bicyclic) bond motifs is 1. The lowest BCUT2D eigenvalue weighted by Crippen LogP contribution is -2.35. The van der Waals surface area contributed by atoms with Crippen LogP contribution in [0.25, 0.3) is 0 Å². The van der Waals surface area contributed by atoms with Crippen LogP contribution in [0.4, 0.5) is 4.39 Å². The van der Waals surface area contributed by atoms with Gasteiger partial charge in [-0.25, -0.2) is 4.39 Å². The van der Waals surface area contributed by atoms with Crippen molar-refractivity contribution < 1.29 is 29.0 Å². The number of carboxylic acid groups (broad SMARTS) is 2. The van der Waals surface area contributed by atoms with Crippen LogP contribution < -0.4 is 0 Å². The van der Waals surface area contributed by atoms with E-state index in [-0.39, 0.29) is 25.1 Å². The number of carbonyl (C=O) groups is 3. The molecule has 1 aliphatic carbocycles. The largest absolute Gasteiger partial charge is 0.481 e. The number of aliphatic carboxylic acids is 2. The first-order valence-electron chi connectivity index (χ1n) is 6.76. The Bertz CT molecular complexity index is 690. The summed E-state index contributed by atoms with van der Waals surface area (Å²) < 4.78 is 13.3. The molecule has 3 rings (SSSR count). The van der Waals surface area contributed by atoms with Gasteiger partial charge in [0.25, 0.3) is 5.91 Å². The monoisotopic (exact) mass is 307 g/mol. The summed E-state index contributed by atoms with van der Waals surface area (Å²) in [5, 5.41) is 18.7. The van der Waals surface area contributed by atoms with Crippen molar-refractivity contribution >= 4 is 17.8 Å². The van der Waals surface area contributed by atoms with Crippen molar-refractivity contribution in [3.8, 4) is 0 Å². The molecule has 1 amide bonds. The number of amides is 1. The lowest BCUT2D eigenvalue weighted by Gasteiger charge is -2.21. The average molecular weight is 307 g/mol. The Morgan fingerprint density at radius 1 is 1.14 bits per heavy atom. The molecule has 1 saturated carbocycles. The van der Waals surface area contributed by atoms with Gasteiger partial charge in [-0.2, -0.15) is 0 Å². The minimum Gasteiger partial charge on any atom is -0.481 e. The number of carboxylic acids is 2. The normalized spacial score (nSPS) is 29.1. The lowest BCUT2D eigenvalue weighted by molar-refractivity contribution is -0.151. The molecule has 0 aromatic heterocycles. The number of aryl methyl sites for hydroxylation is 1. The third-order valence-corrected chi connectivity index (χ3v) is 4.85. The van der Waals surface area contributed by atoms with Crippen LogP contribution in [-0.2, 0) is 9.59 Å². The van der Waals surface area contributed by atoms with E-state index in [9.17, 15) is 29.0 Å². The zero-order valence-corrected chi connectivity index (χ0v) is 11.8. The zero-order chi connectivity index (χ0) is 16.3. The van der Waals surface area contributed by atoms with E-state index < -0.39 is 34.5 Å². The van der Waals surface area contributed by atoms with Crippen molar-refractivity contribution in [2.24, 2.45) is 10.8 Å². The highest BCUT2D eigenvalue weighted by molar-refractivity contribution is 6.00. The summed E-state index contributed by atoms with van der Waals surface area (Å²) in [5.41, 5.74) is -2.16. The molecule has 1 aromatic rings. The van der Waals surface area contributed by atoms with Crippen molar-refractivity contribution in [2.45, 2.75) is 13.3 Å². The summed E-state index contributed by atoms with van der Waals surface area (Å²) in [7, 11) is 0. The van der Waals surface area contributed by atoms with E-state index in [1.165, 1.54) is 17.0 Å². The molecule has 1 aliphatic heterocycles. The summed E-state index contributed by atoms with van der Waals surface area (Å²) in [6.07, 6.45) is 0.0244. The number of nitrogens with zero attached hydrogens (tertiary/aromatic N) is 1. The molecular formula is C15H14FNO5. The summed E-state index contributed by atoms with van der Waals surface area (Å²) in [4.78, 5) is 36.6. The van der Waals surface area contributed by atoms with Gasteiger partial charge in [0.15, 0.2) is 0 Å². The molecule has 0 unspecified atom stereocenters. The molecule has 1 aromatic carbocycles. The first kappa shape index (κ1) is 14.5. The number of halogens is 1. The Labute approximate surface area is 125 Å². The molecule has 0 bridgehead atoms. The third kappa shape index (κ3) is 1.68. The molecule has 2 atom stereocenters. The van der Waals surface area contributed by atoms with Gasteiger partial charge in [-0.15, -0.1) is 0 Å². The predicted octanol–water partition coefficient (Wildman–Crippen LogP) is 1.14. The van der Waals surface area contributed by atoms with Gasteiger partial charge in [0.1, 0.15) is 16.6 Å². The number of piperidine rings is 1. The molecule has 2 fully saturated rings. The molecule has 7 heteroatoms. The Kier molecular flexibility index (Phi) is 2.82. The lowest BCUT2D eigenvalue weighted by atomic mass is 9.97. The zero-order valence-electron chi connectivity index (χ0n) is 11.8. The number of rotatable bonds is 3. The number of carbonyl (C=O) groups excluding carboxylic acids is 1. The highest BCUT2D eigenvalue weighted by atomic mass is 19.1. The molecule has 2 N–H and O–H groups in total. The van der Waals surface area contributed by atoms with Crippen LogP contribution in [0.1, 0.15) is 22.3 Å². The standard InChI is InChI=1S/C15H14FNO5/c1-8-2-3-9(16)4-10(8)11(18)17-6-14(12(19)20)5-15(14,7-17)13(21)22/h2-4H,5-7H2,1H3,(H,19,20)(H,21,22)/t14-,15+. The van der Waals surface area contributed by atoms with Gasteiger partial charge < -0.3 is 15.1 Å². The second-order valence-corrected chi connectivity index (χ2v) is 6.07. The number of hydrogen-bond acceptors (Lipinski definition) is 3. The maximum Gasteiger partial charge on any atom is 0.312 e. The predicted molar refractivity (Wildman–Crippen MR) is 71.8 cm³/mol. The van der Waals surface area contributed by atoms with Crippen LogP contribution in [0.3, 0.4) is 0 Å². The van der Waals surface area contributed by atoms with Crippen molar-refractivity contribution in [1.82, 2.24) is 4.90 Å². The van der Waals surface area contributed by atoms with Gasteiger partial charge in [-0.3, -0.25) is 14.4 Å². The Morgan fingerprint density at radius 2 is 1.68 bits per heavy atom. The number of hydrogen-bond donors (Lipinski definition) is 2. The number of likely N-dealkylation sites (tertiary alicyclic amines) is 1. The van der Waals surface area contributed by atoms with E-state index >= 15 is 0 Å². The van der Waals surface area contributed by atoms with Crippen LogP contribution in [0.5, 0.6) is 0 Å². The van der Waals surface area contributed by atoms with E-state index in [0.29, 0.717) is 5.56 Å². The van der Waals surface area contributed by atoms with E-state index in [1.807, 2.05) is 0 Å². The Balaban J connectivity index is 1.92. The fourth-order valence-electron chi connectivity index (χ4n) is 3.43. The van der Waals surface area contributed by atoms with Crippen LogP contribution in [0.15, 0.2) is 18.2 Å². The Hall–Kier alpha value is -2.44. The summed E-state index contributed by atoms with van der Waals surface area (Å²) in [6.45, 7) is 1.32. The topological polar surface area (TPSA) is 94.9 Å². The molecule has 0 spiro atoms. The van der Waals surface area contributed by atoms with Gasteiger partial charge in [-0.05, 0) is 31.0 Å². The van der Waals surface area contributed by atoms with Crippen molar-refractivity contribution in [3.63, 3.8) is 0 Å². The quantitative estimate of drug-likeness (QED) is 0.873. The van der Waals surface area contributed by atoms with Gasteiger partial charge in [-0.1, -0.05) is 6.07 Å². The molecule has 116 valence electrons. The van der Waals surface area contributed by atoms with Crippen molar-refractivity contribution in [1.29, 1.82) is 0 Å². The fourth-order valence-corrected chi connectivity index (χ4v) is 3.43. The van der Waals surface area contributed by atoms with Gasteiger partial charge in [0.05, 0.1) is 0 Å². The van der Waals surface area contributed by atoms with Crippen LogP contribution >= 0.6 is 0 Å². The van der Waals surface area contributed by atoms with Crippen LogP contribution in [-0.4, -0.2) is 46.0 Å². The minimum absolute atomic E-state index is 0.0244. The molecule has 0 radical (unpaired) electrons. The fraction of sp³-hybridized carbons (Fsp3) is 0.400.